The number of aryl methyl sites for hydroxylation is 1. The topological polar surface area (TPSA) is 42.9 Å². The third kappa shape index (κ3) is 7.33. The molecule has 0 bridgehead atoms. The molecule has 0 spiro atoms. The molecule has 3 rings (SSSR count). The Morgan fingerprint density at radius 2 is 2.00 bits per heavy atom. The smallest absolute Gasteiger partial charge is 0.371 e. The molecule has 0 aliphatic carbocycles. The molecule has 170 valence electrons. The van der Waals surface area contributed by atoms with Crippen LogP contribution in [0.1, 0.15) is 18.4 Å². The van der Waals surface area contributed by atoms with Crippen LogP contribution in [0.5, 0.6) is 0 Å². The van der Waals surface area contributed by atoms with E-state index in [1.165, 1.54) is 16.2 Å². The Morgan fingerprint density at radius 1 is 1.23 bits per heavy atom. The fourth-order valence-corrected chi connectivity index (χ4v) is 4.28. The lowest BCUT2D eigenvalue weighted by Crippen LogP contribution is -2.46. The molecule has 2 N–H and O–H groups in total. The maximum atomic E-state index is 12.5. The van der Waals surface area contributed by atoms with Crippen LogP contribution in [0.3, 0.4) is 0 Å². The maximum Gasteiger partial charge on any atom is 0.401 e. The van der Waals surface area contributed by atoms with Crippen molar-refractivity contribution in [2.75, 3.05) is 51.2 Å². The lowest BCUT2D eigenvalue weighted by molar-refractivity contribution is -0.143. The highest BCUT2D eigenvalue weighted by molar-refractivity contribution is 14.0. The molecular formula is C20H30ClF3IN5. The summed E-state index contributed by atoms with van der Waals surface area (Å²) in [6.07, 6.45) is -2.40. The van der Waals surface area contributed by atoms with Crippen LogP contribution in [-0.2, 0) is 0 Å². The lowest BCUT2D eigenvalue weighted by atomic mass is 10.1. The van der Waals surface area contributed by atoms with Crippen molar-refractivity contribution in [3.63, 3.8) is 0 Å². The van der Waals surface area contributed by atoms with Crippen LogP contribution in [0.4, 0.5) is 18.9 Å². The van der Waals surface area contributed by atoms with E-state index in [1.54, 1.807) is 7.05 Å². The fourth-order valence-electron chi connectivity index (χ4n) is 4.12. The summed E-state index contributed by atoms with van der Waals surface area (Å²) in [5.74, 6) is 1.12. The monoisotopic (exact) mass is 559 g/mol. The summed E-state index contributed by atoms with van der Waals surface area (Å²) in [5, 5.41) is 7.35. The average molecular weight is 560 g/mol. The summed E-state index contributed by atoms with van der Waals surface area (Å²) >= 11 is 6.15. The van der Waals surface area contributed by atoms with Gasteiger partial charge in [0.1, 0.15) is 0 Å². The molecule has 2 heterocycles. The number of alkyl halides is 3. The summed E-state index contributed by atoms with van der Waals surface area (Å²) in [6.45, 7) is 4.76. The highest BCUT2D eigenvalue weighted by Gasteiger charge is 2.34. The summed E-state index contributed by atoms with van der Waals surface area (Å²) in [5.41, 5.74) is 2.39. The first kappa shape index (κ1) is 25.3. The second kappa shape index (κ2) is 11.1. The molecule has 10 heteroatoms. The summed E-state index contributed by atoms with van der Waals surface area (Å²) < 4.78 is 37.6. The first-order valence-corrected chi connectivity index (χ1v) is 10.4. The maximum absolute atomic E-state index is 12.5. The molecule has 0 amide bonds. The second-order valence-corrected chi connectivity index (χ2v) is 8.40. The van der Waals surface area contributed by atoms with Crippen LogP contribution in [-0.4, -0.2) is 69.4 Å². The standard InChI is InChI=1S/C20H29ClF3N5.HI/c1-14-3-4-16(21)9-18(14)29-8-5-15(11-29)10-26-19(25-2)27-17-6-7-28(12-17)13-20(22,23)24;/h3-4,9,15,17H,5-8,10-13H2,1-2H3,(H2,25,26,27);1H. The number of likely N-dealkylation sites (tertiary alicyclic amines) is 1. The fraction of sp³-hybridized carbons (Fsp3) is 0.650. The van der Waals surface area contributed by atoms with Crippen LogP contribution >= 0.6 is 35.6 Å². The van der Waals surface area contributed by atoms with Crippen molar-refractivity contribution in [1.29, 1.82) is 0 Å². The summed E-state index contributed by atoms with van der Waals surface area (Å²) in [4.78, 5) is 8.03. The highest BCUT2D eigenvalue weighted by atomic mass is 127. The lowest BCUT2D eigenvalue weighted by Gasteiger charge is -2.22. The van der Waals surface area contributed by atoms with Crippen molar-refractivity contribution in [2.45, 2.75) is 32.0 Å². The number of hydrogen-bond donors (Lipinski definition) is 2. The zero-order valence-electron chi connectivity index (χ0n) is 17.3. The Balaban J connectivity index is 0.00000320. The number of halogens is 5. The van der Waals surface area contributed by atoms with Crippen molar-refractivity contribution in [2.24, 2.45) is 10.9 Å². The predicted octanol–water partition coefficient (Wildman–Crippen LogP) is 3.89. The molecule has 2 unspecified atom stereocenters. The van der Waals surface area contributed by atoms with E-state index in [0.717, 1.165) is 31.1 Å². The van der Waals surface area contributed by atoms with Gasteiger partial charge in [0.15, 0.2) is 5.96 Å². The number of hydrogen-bond acceptors (Lipinski definition) is 3. The van der Waals surface area contributed by atoms with E-state index >= 15 is 0 Å². The number of anilines is 1. The zero-order chi connectivity index (χ0) is 21.0. The first-order valence-electron chi connectivity index (χ1n) is 10.0. The second-order valence-electron chi connectivity index (χ2n) is 7.96. The number of nitrogens with one attached hydrogen (secondary N) is 2. The minimum Gasteiger partial charge on any atom is -0.371 e. The molecule has 30 heavy (non-hydrogen) atoms. The number of rotatable bonds is 5. The van der Waals surface area contributed by atoms with Crippen molar-refractivity contribution >= 4 is 47.2 Å². The van der Waals surface area contributed by atoms with E-state index in [0.29, 0.717) is 31.4 Å². The third-order valence-corrected chi connectivity index (χ3v) is 5.83. The quantitative estimate of drug-likeness (QED) is 0.326. The largest absolute Gasteiger partial charge is 0.401 e. The molecule has 0 radical (unpaired) electrons. The molecule has 0 aromatic heterocycles. The SMILES string of the molecule is CN=C(NCC1CCN(c2cc(Cl)ccc2C)C1)NC1CCN(CC(F)(F)F)C1.I. The predicted molar refractivity (Wildman–Crippen MR) is 127 cm³/mol. The Morgan fingerprint density at radius 3 is 2.70 bits per heavy atom. The van der Waals surface area contributed by atoms with Crippen LogP contribution in [0, 0.1) is 12.8 Å². The van der Waals surface area contributed by atoms with Gasteiger partial charge in [0, 0.05) is 56.5 Å². The summed E-state index contributed by atoms with van der Waals surface area (Å²) in [7, 11) is 1.69. The molecule has 2 saturated heterocycles. The Kier molecular flexibility index (Phi) is 9.35. The highest BCUT2D eigenvalue weighted by Crippen LogP contribution is 2.29. The van der Waals surface area contributed by atoms with Gasteiger partial charge in [-0.3, -0.25) is 9.89 Å². The Bertz CT molecular complexity index is 731. The van der Waals surface area contributed by atoms with Gasteiger partial charge >= 0.3 is 6.18 Å². The number of aliphatic imine (C=N–C) groups is 1. The van der Waals surface area contributed by atoms with Crippen LogP contribution in [0.15, 0.2) is 23.2 Å². The molecule has 2 atom stereocenters. The van der Waals surface area contributed by atoms with E-state index in [2.05, 4.69) is 27.4 Å². The Hall–Kier alpha value is -0.940. The first-order chi connectivity index (χ1) is 13.7. The van der Waals surface area contributed by atoms with Crippen LogP contribution < -0.4 is 15.5 Å². The van der Waals surface area contributed by atoms with E-state index in [-0.39, 0.29) is 30.0 Å². The zero-order valence-corrected chi connectivity index (χ0v) is 20.4. The minimum atomic E-state index is -4.15. The molecule has 2 aliphatic heterocycles. The van der Waals surface area contributed by atoms with Gasteiger partial charge in [0.2, 0.25) is 0 Å². The molecule has 2 aliphatic rings. The molecule has 1 aromatic rings. The molecule has 5 nitrogen and oxygen atoms in total. The van der Waals surface area contributed by atoms with E-state index in [1.807, 2.05) is 18.2 Å². The normalized spacial score (nSPS) is 22.9. The number of benzene rings is 1. The van der Waals surface area contributed by atoms with Gasteiger partial charge in [0.05, 0.1) is 6.54 Å². The molecule has 1 aromatic carbocycles. The van der Waals surface area contributed by atoms with Crippen LogP contribution in [0.25, 0.3) is 0 Å². The third-order valence-electron chi connectivity index (χ3n) is 5.60. The number of nitrogens with zero attached hydrogens (tertiary/aromatic N) is 3. The van der Waals surface area contributed by atoms with Crippen molar-refractivity contribution in [3.8, 4) is 0 Å². The molecular weight excluding hydrogens is 530 g/mol. The molecule has 0 saturated carbocycles. The summed E-state index contributed by atoms with van der Waals surface area (Å²) in [6, 6.07) is 5.95. The van der Waals surface area contributed by atoms with Gasteiger partial charge < -0.3 is 15.5 Å². The van der Waals surface area contributed by atoms with E-state index < -0.39 is 12.7 Å². The Labute approximate surface area is 198 Å². The van der Waals surface area contributed by atoms with Gasteiger partial charge in [-0.15, -0.1) is 24.0 Å². The van der Waals surface area contributed by atoms with Crippen LogP contribution in [0.2, 0.25) is 5.02 Å². The van der Waals surface area contributed by atoms with E-state index in [4.69, 9.17) is 11.6 Å². The van der Waals surface area contributed by atoms with Gasteiger partial charge in [-0.05, 0) is 43.4 Å². The van der Waals surface area contributed by atoms with Gasteiger partial charge in [-0.2, -0.15) is 13.2 Å². The molecule has 2 fully saturated rings. The van der Waals surface area contributed by atoms with Gasteiger partial charge in [-0.1, -0.05) is 17.7 Å². The minimum absolute atomic E-state index is 0. The van der Waals surface area contributed by atoms with Crippen molar-refractivity contribution < 1.29 is 13.2 Å². The van der Waals surface area contributed by atoms with Crippen molar-refractivity contribution in [3.05, 3.63) is 28.8 Å². The van der Waals surface area contributed by atoms with Crippen molar-refractivity contribution in [1.82, 2.24) is 15.5 Å². The van der Waals surface area contributed by atoms with Gasteiger partial charge in [-0.25, -0.2) is 0 Å². The average Bonchev–Trinajstić information content (AvgIpc) is 3.28. The number of guanidine groups is 1. The van der Waals surface area contributed by atoms with E-state index in [9.17, 15) is 13.2 Å². The van der Waals surface area contributed by atoms with Gasteiger partial charge in [0.25, 0.3) is 0 Å².